The van der Waals surface area contributed by atoms with Crippen molar-refractivity contribution in [3.05, 3.63) is 52.8 Å². The number of pyridine rings is 1. The Hall–Kier alpha value is -4.48. The van der Waals surface area contributed by atoms with E-state index in [2.05, 4.69) is 15.3 Å². The summed E-state index contributed by atoms with van der Waals surface area (Å²) in [6.07, 6.45) is 0.269. The van der Waals surface area contributed by atoms with E-state index in [1.165, 1.54) is 0 Å². The van der Waals surface area contributed by atoms with Gasteiger partial charge in [0.1, 0.15) is 6.04 Å². The molecule has 178 valence electrons. The molecule has 1 atom stereocenters. The molecule has 0 saturated carbocycles. The predicted octanol–water partition coefficient (Wildman–Crippen LogP) is 0.281. The number of carboxylic acids is 2. The lowest BCUT2D eigenvalue weighted by Gasteiger charge is -2.17. The fraction of sp³-hybridized carbons (Fsp3) is 0.273. The number of nitrogens with zero attached hydrogens (tertiary/aromatic N) is 2. The number of carbonyl (C=O) groups is 4. The van der Waals surface area contributed by atoms with E-state index in [-0.39, 0.29) is 18.8 Å². The lowest BCUT2D eigenvalue weighted by Crippen LogP contribution is -2.42. The number of carboxylic acid groups (broad SMARTS) is 2. The van der Waals surface area contributed by atoms with Gasteiger partial charge in [-0.3, -0.25) is 14.6 Å². The van der Waals surface area contributed by atoms with E-state index in [9.17, 15) is 19.2 Å². The van der Waals surface area contributed by atoms with Crippen LogP contribution in [0.5, 0.6) is 5.75 Å². The number of amides is 1. The monoisotopic (exact) mass is 469 g/mol. The smallest absolute Gasteiger partial charge is 0.343 e. The molecular formula is C22H23N5O7. The van der Waals surface area contributed by atoms with Crippen LogP contribution in [0, 0.1) is 0 Å². The molecule has 0 aliphatic carbocycles. The van der Waals surface area contributed by atoms with E-state index in [1.807, 2.05) is 0 Å². The van der Waals surface area contributed by atoms with Gasteiger partial charge in [-0.2, -0.15) is 0 Å². The van der Waals surface area contributed by atoms with Crippen LogP contribution in [0.25, 0.3) is 0 Å². The maximum atomic E-state index is 12.6. The maximum absolute atomic E-state index is 12.6. The number of nitrogens with one attached hydrogen (secondary N) is 1. The number of aromatic nitrogens is 1. The molecule has 12 nitrogen and oxygen atoms in total. The average molecular weight is 469 g/mol. The molecule has 1 amide bonds. The number of hydrogen-bond acceptors (Lipinski definition) is 7. The molecule has 7 N–H and O–H groups in total. The van der Waals surface area contributed by atoms with Gasteiger partial charge in [0, 0.05) is 12.1 Å². The van der Waals surface area contributed by atoms with Crippen molar-refractivity contribution in [1.82, 2.24) is 10.3 Å². The zero-order chi connectivity index (χ0) is 24.8. The highest BCUT2D eigenvalue weighted by Gasteiger charge is 2.24. The first-order valence-corrected chi connectivity index (χ1v) is 10.3. The molecule has 0 bridgehead atoms. The number of rotatable bonds is 8. The van der Waals surface area contributed by atoms with Crippen LogP contribution in [-0.4, -0.2) is 51.0 Å². The number of carbonyl (C=O) groups excluding carboxylic acids is 2. The third-order valence-corrected chi connectivity index (χ3v) is 5.01. The van der Waals surface area contributed by atoms with Gasteiger partial charge in [0.25, 0.3) is 0 Å². The first kappa shape index (κ1) is 24.2. The van der Waals surface area contributed by atoms with Crippen LogP contribution in [0.15, 0.2) is 35.3 Å². The standard InChI is InChI=1S/C22H23N5O7/c23-22(24)26-13-2-5-14-11(9-13)1-6-15-17(34-21(14)33)7-3-12(25-15)4-8-18(28)27-16(20(31)32)10-19(29)30/h2-3,5,7,9,16H,1,4,6,8,10H2,(H,27,28)(H,29,30)(H,31,32)(H4,23,24,26). The number of benzene rings is 1. The Morgan fingerprint density at radius 1 is 1.15 bits per heavy atom. The number of nitrogens with two attached hydrogens (primary N) is 2. The summed E-state index contributed by atoms with van der Waals surface area (Å²) in [5, 5.41) is 20.0. The highest BCUT2D eigenvalue weighted by molar-refractivity contribution is 5.94. The highest BCUT2D eigenvalue weighted by atomic mass is 16.5. The Morgan fingerprint density at radius 3 is 2.59 bits per heavy atom. The number of guanidine groups is 1. The molecular weight excluding hydrogens is 446 g/mol. The summed E-state index contributed by atoms with van der Waals surface area (Å²) in [5.74, 6) is -3.72. The Morgan fingerprint density at radius 2 is 1.91 bits per heavy atom. The first-order chi connectivity index (χ1) is 16.1. The second-order valence-corrected chi connectivity index (χ2v) is 7.57. The summed E-state index contributed by atoms with van der Waals surface area (Å²) in [4.78, 5) is 55.0. The van der Waals surface area contributed by atoms with E-state index < -0.39 is 36.3 Å². The molecule has 0 saturated heterocycles. The van der Waals surface area contributed by atoms with Gasteiger partial charge < -0.3 is 31.7 Å². The summed E-state index contributed by atoms with van der Waals surface area (Å²) < 4.78 is 5.49. The van der Waals surface area contributed by atoms with Gasteiger partial charge in [0.15, 0.2) is 11.7 Å². The molecule has 0 radical (unpaired) electrons. The maximum Gasteiger partial charge on any atom is 0.343 e. The summed E-state index contributed by atoms with van der Waals surface area (Å²) in [5.41, 5.74) is 13.5. The van der Waals surface area contributed by atoms with Crippen LogP contribution in [0.3, 0.4) is 0 Å². The lowest BCUT2D eigenvalue weighted by atomic mass is 9.99. The van der Waals surface area contributed by atoms with E-state index in [0.717, 1.165) is 0 Å². The minimum absolute atomic E-state index is 0.0975. The van der Waals surface area contributed by atoms with Crippen molar-refractivity contribution in [2.45, 2.75) is 38.1 Å². The van der Waals surface area contributed by atoms with Crippen molar-refractivity contribution in [2.75, 3.05) is 0 Å². The fourth-order valence-corrected chi connectivity index (χ4v) is 3.44. The highest BCUT2D eigenvalue weighted by Crippen LogP contribution is 2.27. The lowest BCUT2D eigenvalue weighted by molar-refractivity contribution is -0.147. The van der Waals surface area contributed by atoms with Crippen LogP contribution in [0.4, 0.5) is 5.69 Å². The first-order valence-electron chi connectivity index (χ1n) is 10.3. The Bertz CT molecular complexity index is 1170. The molecule has 2 aromatic rings. The van der Waals surface area contributed by atoms with Crippen LogP contribution in [0.1, 0.15) is 40.2 Å². The van der Waals surface area contributed by atoms with Gasteiger partial charge >= 0.3 is 17.9 Å². The third-order valence-electron chi connectivity index (χ3n) is 5.01. The van der Waals surface area contributed by atoms with Crippen molar-refractivity contribution in [2.24, 2.45) is 16.5 Å². The van der Waals surface area contributed by atoms with Gasteiger partial charge in [0.05, 0.1) is 23.4 Å². The van der Waals surface area contributed by atoms with Gasteiger partial charge in [0.2, 0.25) is 5.91 Å². The molecule has 0 fully saturated rings. The predicted molar refractivity (Wildman–Crippen MR) is 119 cm³/mol. The number of aliphatic carboxylic acids is 2. The molecule has 1 unspecified atom stereocenters. The molecule has 1 aromatic carbocycles. The number of fused-ring (bicyclic) bond motifs is 2. The van der Waals surface area contributed by atoms with Crippen LogP contribution < -0.4 is 21.5 Å². The Kier molecular flexibility index (Phi) is 7.41. The van der Waals surface area contributed by atoms with Crippen molar-refractivity contribution in [1.29, 1.82) is 0 Å². The summed E-state index contributed by atoms with van der Waals surface area (Å²) in [7, 11) is 0. The van der Waals surface area contributed by atoms with Crippen molar-refractivity contribution >= 4 is 35.5 Å². The molecule has 1 aliphatic heterocycles. The van der Waals surface area contributed by atoms with Crippen LogP contribution in [-0.2, 0) is 33.6 Å². The molecule has 3 rings (SSSR count). The van der Waals surface area contributed by atoms with Gasteiger partial charge in [-0.05, 0) is 55.2 Å². The van der Waals surface area contributed by atoms with E-state index in [0.29, 0.717) is 46.8 Å². The summed E-state index contributed by atoms with van der Waals surface area (Å²) >= 11 is 0. The van der Waals surface area contributed by atoms with Gasteiger partial charge in [-0.25, -0.2) is 14.6 Å². The normalized spacial score (nSPS) is 13.2. The molecule has 12 heteroatoms. The zero-order valence-electron chi connectivity index (χ0n) is 18.0. The van der Waals surface area contributed by atoms with Crippen LogP contribution in [0.2, 0.25) is 0 Å². The Labute approximate surface area is 193 Å². The van der Waals surface area contributed by atoms with E-state index in [4.69, 9.17) is 26.4 Å². The number of ether oxygens (including phenoxy) is 1. The molecule has 0 spiro atoms. The van der Waals surface area contributed by atoms with E-state index >= 15 is 0 Å². The Balaban J connectivity index is 1.70. The number of aryl methyl sites for hydroxylation is 3. The number of aliphatic imine (C=N–C) groups is 1. The van der Waals surface area contributed by atoms with E-state index in [1.54, 1.807) is 30.3 Å². The molecule has 2 heterocycles. The minimum atomic E-state index is -1.52. The van der Waals surface area contributed by atoms with Crippen molar-refractivity contribution in [3.63, 3.8) is 0 Å². The fourth-order valence-electron chi connectivity index (χ4n) is 3.44. The molecule has 1 aliphatic rings. The van der Waals surface area contributed by atoms with Crippen molar-refractivity contribution in [3.8, 4) is 5.75 Å². The third kappa shape index (κ3) is 6.28. The summed E-state index contributed by atoms with van der Waals surface area (Å²) in [6, 6.07) is 6.59. The van der Waals surface area contributed by atoms with Crippen molar-refractivity contribution < 1.29 is 34.1 Å². The average Bonchev–Trinajstić information content (AvgIpc) is 2.75. The van der Waals surface area contributed by atoms with Gasteiger partial charge in [-0.1, -0.05) is 0 Å². The second-order valence-electron chi connectivity index (χ2n) is 7.57. The quantitative estimate of drug-likeness (QED) is 0.203. The number of esters is 1. The zero-order valence-corrected chi connectivity index (χ0v) is 18.0. The topological polar surface area (TPSA) is 207 Å². The SMILES string of the molecule is NC(N)=Nc1ccc2c(c1)CCc1nc(CCC(=O)NC(CC(=O)O)C(=O)O)ccc1OC2=O. The molecule has 1 aromatic heterocycles. The largest absolute Gasteiger partial charge is 0.481 e. The minimum Gasteiger partial charge on any atom is -0.481 e. The second kappa shape index (κ2) is 10.4. The summed E-state index contributed by atoms with van der Waals surface area (Å²) in [6.45, 7) is 0. The van der Waals surface area contributed by atoms with Gasteiger partial charge in [-0.15, -0.1) is 0 Å². The number of hydrogen-bond donors (Lipinski definition) is 5. The van der Waals surface area contributed by atoms with Crippen LogP contribution >= 0.6 is 0 Å². The molecule has 34 heavy (non-hydrogen) atoms.